The lowest BCUT2D eigenvalue weighted by Gasteiger charge is -2.10. The Bertz CT molecular complexity index is 265. The molecule has 3 nitrogen and oxygen atoms in total. The van der Waals surface area contributed by atoms with E-state index >= 15 is 0 Å². The molecule has 0 N–H and O–H groups in total. The van der Waals surface area contributed by atoms with E-state index in [0.29, 0.717) is 0 Å². The summed E-state index contributed by atoms with van der Waals surface area (Å²) in [6, 6.07) is 0. The zero-order chi connectivity index (χ0) is 9.90. The van der Waals surface area contributed by atoms with Gasteiger partial charge in [0, 0.05) is 17.6 Å². The summed E-state index contributed by atoms with van der Waals surface area (Å²) in [5, 5.41) is 8.00. The van der Waals surface area contributed by atoms with E-state index in [-0.39, 0.29) is 5.41 Å². The van der Waals surface area contributed by atoms with E-state index in [1.54, 1.807) is 11.8 Å². The number of aryl methyl sites for hydroxylation is 1. The Hall–Kier alpha value is -0.510. The maximum absolute atomic E-state index is 5.51. The molecule has 0 aliphatic heterocycles. The second-order valence-electron chi connectivity index (χ2n) is 3.99. The SMILES string of the molecule is CSCCc1nnc(C(C)(C)C)o1. The molecule has 13 heavy (non-hydrogen) atoms. The first-order valence-corrected chi connectivity index (χ1v) is 5.75. The lowest BCUT2D eigenvalue weighted by Crippen LogP contribution is -2.11. The van der Waals surface area contributed by atoms with Crippen LogP contribution in [0.2, 0.25) is 0 Å². The van der Waals surface area contributed by atoms with E-state index in [9.17, 15) is 0 Å². The zero-order valence-electron chi connectivity index (χ0n) is 8.63. The Morgan fingerprint density at radius 3 is 2.46 bits per heavy atom. The molecular weight excluding hydrogens is 184 g/mol. The Morgan fingerprint density at radius 1 is 1.31 bits per heavy atom. The predicted octanol–water partition coefficient (Wildman–Crippen LogP) is 2.27. The van der Waals surface area contributed by atoms with E-state index in [4.69, 9.17) is 4.42 Å². The number of nitrogens with zero attached hydrogens (tertiary/aromatic N) is 2. The molecule has 74 valence electrons. The Morgan fingerprint density at radius 2 is 2.00 bits per heavy atom. The van der Waals surface area contributed by atoms with Crippen molar-refractivity contribution in [1.82, 2.24) is 10.2 Å². The molecule has 1 aromatic rings. The van der Waals surface area contributed by atoms with E-state index in [2.05, 4.69) is 37.2 Å². The molecule has 0 atom stereocenters. The van der Waals surface area contributed by atoms with Crippen LogP contribution >= 0.6 is 11.8 Å². The average Bonchev–Trinajstić information content (AvgIpc) is 2.47. The van der Waals surface area contributed by atoms with Gasteiger partial charge in [0.2, 0.25) is 11.8 Å². The molecule has 0 saturated carbocycles. The van der Waals surface area contributed by atoms with Crippen LogP contribution in [0.15, 0.2) is 4.42 Å². The lowest BCUT2D eigenvalue weighted by molar-refractivity contribution is 0.374. The largest absolute Gasteiger partial charge is 0.425 e. The van der Waals surface area contributed by atoms with Crippen molar-refractivity contribution in [3.8, 4) is 0 Å². The van der Waals surface area contributed by atoms with Crippen LogP contribution in [0.3, 0.4) is 0 Å². The highest BCUT2D eigenvalue weighted by molar-refractivity contribution is 7.98. The summed E-state index contributed by atoms with van der Waals surface area (Å²) in [6.45, 7) is 6.20. The zero-order valence-corrected chi connectivity index (χ0v) is 9.44. The molecule has 0 fully saturated rings. The summed E-state index contributed by atoms with van der Waals surface area (Å²) in [5.41, 5.74) is -0.0371. The molecule has 1 aromatic heterocycles. The van der Waals surface area contributed by atoms with Crippen LogP contribution in [0.5, 0.6) is 0 Å². The molecular formula is C9H16N2OS. The van der Waals surface area contributed by atoms with Crippen LogP contribution in [0.25, 0.3) is 0 Å². The molecule has 0 unspecified atom stereocenters. The van der Waals surface area contributed by atoms with Crippen molar-refractivity contribution in [3.05, 3.63) is 11.8 Å². The van der Waals surface area contributed by atoms with Crippen molar-refractivity contribution in [2.45, 2.75) is 32.6 Å². The van der Waals surface area contributed by atoms with E-state index < -0.39 is 0 Å². The van der Waals surface area contributed by atoms with Crippen LogP contribution in [-0.2, 0) is 11.8 Å². The summed E-state index contributed by atoms with van der Waals surface area (Å²) in [7, 11) is 0. The first-order chi connectivity index (χ1) is 6.04. The fourth-order valence-corrected chi connectivity index (χ4v) is 1.23. The van der Waals surface area contributed by atoms with Gasteiger partial charge < -0.3 is 4.42 Å². The van der Waals surface area contributed by atoms with Crippen LogP contribution in [0.1, 0.15) is 32.6 Å². The van der Waals surface area contributed by atoms with Gasteiger partial charge in [-0.3, -0.25) is 0 Å². The van der Waals surface area contributed by atoms with E-state index in [0.717, 1.165) is 24.0 Å². The van der Waals surface area contributed by atoms with Crippen molar-refractivity contribution in [2.24, 2.45) is 0 Å². The summed E-state index contributed by atoms with van der Waals surface area (Å²) >= 11 is 1.79. The standard InChI is InChI=1S/C9H16N2OS/c1-9(2,3)8-11-10-7(12-8)5-6-13-4/h5-6H2,1-4H3. The third-order valence-corrected chi connectivity index (χ3v) is 2.24. The molecule has 0 aliphatic carbocycles. The molecule has 0 aromatic carbocycles. The third-order valence-electron chi connectivity index (χ3n) is 1.63. The smallest absolute Gasteiger partial charge is 0.221 e. The minimum absolute atomic E-state index is 0.0371. The maximum atomic E-state index is 5.51. The lowest BCUT2D eigenvalue weighted by atomic mass is 9.97. The predicted molar refractivity (Wildman–Crippen MR) is 55.1 cm³/mol. The van der Waals surface area contributed by atoms with Crippen LogP contribution in [0.4, 0.5) is 0 Å². The second-order valence-corrected chi connectivity index (χ2v) is 4.98. The number of rotatable bonds is 3. The fraction of sp³-hybridized carbons (Fsp3) is 0.778. The van der Waals surface area contributed by atoms with Crippen LogP contribution < -0.4 is 0 Å². The quantitative estimate of drug-likeness (QED) is 0.750. The Balaban J connectivity index is 2.64. The van der Waals surface area contributed by atoms with Crippen LogP contribution in [0, 0.1) is 0 Å². The van der Waals surface area contributed by atoms with Crippen molar-refractivity contribution < 1.29 is 4.42 Å². The summed E-state index contributed by atoms with van der Waals surface area (Å²) in [6.07, 6.45) is 2.94. The molecule has 1 heterocycles. The summed E-state index contributed by atoms with van der Waals surface area (Å²) in [5.74, 6) is 2.51. The van der Waals surface area contributed by atoms with E-state index in [1.165, 1.54) is 0 Å². The van der Waals surface area contributed by atoms with Gasteiger partial charge in [-0.25, -0.2) is 0 Å². The molecule has 0 bridgehead atoms. The highest BCUT2D eigenvalue weighted by atomic mass is 32.2. The minimum Gasteiger partial charge on any atom is -0.425 e. The van der Waals surface area contributed by atoms with E-state index in [1.807, 2.05) is 0 Å². The number of hydrogen-bond acceptors (Lipinski definition) is 4. The fourth-order valence-electron chi connectivity index (χ4n) is 0.847. The van der Waals surface area contributed by atoms with Gasteiger partial charge in [-0.1, -0.05) is 20.8 Å². The molecule has 0 saturated heterocycles. The molecule has 0 amide bonds. The van der Waals surface area contributed by atoms with Crippen molar-refractivity contribution in [3.63, 3.8) is 0 Å². The highest BCUT2D eigenvalue weighted by Gasteiger charge is 2.20. The van der Waals surface area contributed by atoms with Gasteiger partial charge in [-0.2, -0.15) is 11.8 Å². The third kappa shape index (κ3) is 3.03. The van der Waals surface area contributed by atoms with Gasteiger partial charge in [-0.05, 0) is 6.26 Å². The monoisotopic (exact) mass is 200 g/mol. The average molecular weight is 200 g/mol. The topological polar surface area (TPSA) is 38.9 Å². The van der Waals surface area contributed by atoms with Crippen molar-refractivity contribution >= 4 is 11.8 Å². The first-order valence-electron chi connectivity index (χ1n) is 4.36. The molecule has 4 heteroatoms. The Labute approximate surface area is 83.3 Å². The van der Waals surface area contributed by atoms with Gasteiger partial charge >= 0.3 is 0 Å². The summed E-state index contributed by atoms with van der Waals surface area (Å²) < 4.78 is 5.51. The normalized spacial score (nSPS) is 12.0. The molecule has 0 radical (unpaired) electrons. The number of thioether (sulfide) groups is 1. The second kappa shape index (κ2) is 4.13. The highest BCUT2D eigenvalue weighted by Crippen LogP contribution is 2.20. The minimum atomic E-state index is -0.0371. The molecule has 0 aliphatic rings. The first kappa shape index (κ1) is 10.6. The Kier molecular flexibility index (Phi) is 3.36. The molecule has 0 spiro atoms. The van der Waals surface area contributed by atoms with Crippen LogP contribution in [-0.4, -0.2) is 22.2 Å². The van der Waals surface area contributed by atoms with Gasteiger partial charge in [0.15, 0.2) is 0 Å². The van der Waals surface area contributed by atoms with Crippen molar-refractivity contribution in [1.29, 1.82) is 0 Å². The molecule has 1 rings (SSSR count). The van der Waals surface area contributed by atoms with Gasteiger partial charge in [0.05, 0.1) is 0 Å². The van der Waals surface area contributed by atoms with Gasteiger partial charge in [0.25, 0.3) is 0 Å². The number of aromatic nitrogens is 2. The van der Waals surface area contributed by atoms with Crippen molar-refractivity contribution in [2.75, 3.05) is 12.0 Å². The summed E-state index contributed by atoms with van der Waals surface area (Å²) in [4.78, 5) is 0. The van der Waals surface area contributed by atoms with Gasteiger partial charge in [-0.15, -0.1) is 10.2 Å². The van der Waals surface area contributed by atoms with Gasteiger partial charge in [0.1, 0.15) is 0 Å². The maximum Gasteiger partial charge on any atom is 0.221 e. The number of hydrogen-bond donors (Lipinski definition) is 0.